The number of rotatable bonds is 0. The van der Waals surface area contributed by atoms with Crippen LogP contribution < -0.4 is 0 Å². The maximum atomic E-state index is 12.7. The first kappa shape index (κ1) is 7.00. The topological polar surface area (TPSA) is 21.6 Å². The molecule has 2 unspecified atom stereocenters. The summed E-state index contributed by atoms with van der Waals surface area (Å²) in [5.41, 5.74) is 0.715. The van der Waals surface area contributed by atoms with Crippen LogP contribution in [0, 0.1) is 5.92 Å². The summed E-state index contributed by atoms with van der Waals surface area (Å²) in [6.45, 7) is 1.74. The summed E-state index contributed by atoms with van der Waals surface area (Å²) in [7, 11) is 0. The van der Waals surface area contributed by atoms with Crippen LogP contribution in [0.5, 0.6) is 0 Å². The van der Waals surface area contributed by atoms with Crippen molar-refractivity contribution in [1.82, 2.24) is 0 Å². The maximum absolute atomic E-state index is 12.7. The lowest BCUT2D eigenvalue weighted by atomic mass is 10.0. The molecule has 1 fully saturated rings. The quantitative estimate of drug-likeness (QED) is 0.531. The van der Waals surface area contributed by atoms with Crippen molar-refractivity contribution >= 4 is 5.71 Å². The Labute approximate surface area is 63.2 Å². The number of alkyl halides is 2. The van der Waals surface area contributed by atoms with Gasteiger partial charge in [-0.15, -0.1) is 0 Å². The van der Waals surface area contributed by atoms with Crippen molar-refractivity contribution in [2.75, 3.05) is 0 Å². The van der Waals surface area contributed by atoms with Crippen molar-refractivity contribution in [1.29, 1.82) is 0 Å². The normalized spacial score (nSPS) is 39.7. The molecule has 0 saturated heterocycles. The molecule has 1 heterocycles. The second kappa shape index (κ2) is 1.93. The third-order valence-electron chi connectivity index (χ3n) is 2.34. The molecule has 0 bridgehead atoms. The minimum Gasteiger partial charge on any atom is -0.392 e. The van der Waals surface area contributed by atoms with Crippen molar-refractivity contribution in [2.45, 2.75) is 31.8 Å². The Morgan fingerprint density at radius 2 is 2.27 bits per heavy atom. The molecule has 2 nitrogen and oxygen atoms in total. The van der Waals surface area contributed by atoms with Gasteiger partial charge in [0.15, 0.2) is 0 Å². The van der Waals surface area contributed by atoms with Crippen LogP contribution in [0.4, 0.5) is 8.78 Å². The van der Waals surface area contributed by atoms with Gasteiger partial charge in [-0.3, -0.25) is 0 Å². The van der Waals surface area contributed by atoms with E-state index >= 15 is 0 Å². The van der Waals surface area contributed by atoms with E-state index < -0.39 is 5.92 Å². The molecule has 2 atom stereocenters. The van der Waals surface area contributed by atoms with E-state index in [1.807, 2.05) is 0 Å². The molecule has 1 saturated carbocycles. The smallest absolute Gasteiger partial charge is 0.252 e. The molecule has 0 aromatic heterocycles. The van der Waals surface area contributed by atoms with Crippen LogP contribution in [0.15, 0.2) is 5.16 Å². The van der Waals surface area contributed by atoms with Crippen LogP contribution in [0.25, 0.3) is 0 Å². The Morgan fingerprint density at radius 3 is 2.91 bits per heavy atom. The molecule has 4 heteroatoms. The van der Waals surface area contributed by atoms with Gasteiger partial charge >= 0.3 is 0 Å². The van der Waals surface area contributed by atoms with Crippen molar-refractivity contribution < 1.29 is 13.6 Å². The minimum absolute atomic E-state index is 0.0903. The van der Waals surface area contributed by atoms with Crippen LogP contribution in [-0.4, -0.2) is 17.7 Å². The van der Waals surface area contributed by atoms with Gasteiger partial charge in [0, 0.05) is 12.3 Å². The van der Waals surface area contributed by atoms with Crippen molar-refractivity contribution in [2.24, 2.45) is 11.1 Å². The van der Waals surface area contributed by atoms with Gasteiger partial charge in [0.2, 0.25) is 0 Å². The second-order valence-electron chi connectivity index (χ2n) is 3.25. The monoisotopic (exact) mass is 161 g/mol. The number of fused-ring (bicyclic) bond motifs is 1. The standard InChI is InChI=1S/C7H9F2NO/c1-4-5-2-7(8,9)3-6(5)11-10-4/h5-6H,2-3H2,1H3. The molecule has 0 aromatic carbocycles. The largest absolute Gasteiger partial charge is 0.392 e. The predicted molar refractivity (Wildman–Crippen MR) is 35.7 cm³/mol. The Morgan fingerprint density at radius 1 is 1.55 bits per heavy atom. The van der Waals surface area contributed by atoms with Crippen LogP contribution in [0.1, 0.15) is 19.8 Å². The molecule has 2 aliphatic rings. The van der Waals surface area contributed by atoms with E-state index in [0.717, 1.165) is 0 Å². The Kier molecular flexibility index (Phi) is 1.23. The van der Waals surface area contributed by atoms with Gasteiger partial charge < -0.3 is 4.84 Å². The van der Waals surface area contributed by atoms with Crippen LogP contribution in [-0.2, 0) is 4.84 Å². The zero-order chi connectivity index (χ0) is 8.06. The first-order valence-electron chi connectivity index (χ1n) is 3.67. The molecule has 0 aromatic rings. The zero-order valence-electron chi connectivity index (χ0n) is 6.18. The lowest BCUT2D eigenvalue weighted by Gasteiger charge is -2.06. The number of oxime groups is 1. The molecule has 0 spiro atoms. The molecule has 0 amide bonds. The first-order valence-corrected chi connectivity index (χ1v) is 3.67. The highest BCUT2D eigenvalue weighted by molar-refractivity contribution is 5.85. The van der Waals surface area contributed by atoms with Gasteiger partial charge in [-0.2, -0.15) is 0 Å². The second-order valence-corrected chi connectivity index (χ2v) is 3.25. The summed E-state index contributed by atoms with van der Waals surface area (Å²) in [5.74, 6) is -2.67. The fraction of sp³-hybridized carbons (Fsp3) is 0.857. The molecule has 11 heavy (non-hydrogen) atoms. The summed E-state index contributed by atoms with van der Waals surface area (Å²) in [6, 6.07) is 0. The molecule has 1 aliphatic carbocycles. The van der Waals surface area contributed by atoms with Crippen molar-refractivity contribution in [3.8, 4) is 0 Å². The minimum atomic E-state index is -2.54. The average Bonchev–Trinajstić information content (AvgIpc) is 2.31. The average molecular weight is 161 g/mol. The van der Waals surface area contributed by atoms with E-state index in [1.165, 1.54) is 0 Å². The van der Waals surface area contributed by atoms with Gasteiger partial charge in [0.05, 0.1) is 12.1 Å². The van der Waals surface area contributed by atoms with Gasteiger partial charge in [-0.25, -0.2) is 8.78 Å². The maximum Gasteiger partial charge on any atom is 0.252 e. The van der Waals surface area contributed by atoms with Gasteiger partial charge in [0.1, 0.15) is 6.10 Å². The van der Waals surface area contributed by atoms with Crippen molar-refractivity contribution in [3.63, 3.8) is 0 Å². The summed E-state index contributed by atoms with van der Waals surface area (Å²) in [5, 5.41) is 3.67. The van der Waals surface area contributed by atoms with E-state index in [9.17, 15) is 8.78 Å². The van der Waals surface area contributed by atoms with Gasteiger partial charge in [0.25, 0.3) is 5.92 Å². The summed E-state index contributed by atoms with van der Waals surface area (Å²) < 4.78 is 25.4. The molecule has 0 N–H and O–H groups in total. The van der Waals surface area contributed by atoms with E-state index in [1.54, 1.807) is 6.92 Å². The van der Waals surface area contributed by atoms with E-state index in [2.05, 4.69) is 5.16 Å². The van der Waals surface area contributed by atoms with E-state index in [4.69, 9.17) is 4.84 Å². The zero-order valence-corrected chi connectivity index (χ0v) is 6.18. The molecular formula is C7H9F2NO. The lowest BCUT2D eigenvalue weighted by molar-refractivity contribution is -0.0167. The SMILES string of the molecule is CC1=NOC2CC(F)(F)CC12. The van der Waals surface area contributed by atoms with Gasteiger partial charge in [-0.05, 0) is 6.92 Å². The van der Waals surface area contributed by atoms with Crippen LogP contribution in [0.2, 0.25) is 0 Å². The lowest BCUT2D eigenvalue weighted by Crippen LogP contribution is -2.13. The molecule has 62 valence electrons. The highest BCUT2D eigenvalue weighted by Gasteiger charge is 2.51. The van der Waals surface area contributed by atoms with Crippen molar-refractivity contribution in [3.05, 3.63) is 0 Å². The fourth-order valence-corrected chi connectivity index (χ4v) is 1.72. The third kappa shape index (κ3) is 1.01. The Balaban J connectivity index is 2.16. The summed E-state index contributed by atoms with van der Waals surface area (Å²) in [4.78, 5) is 4.83. The summed E-state index contributed by atoms with van der Waals surface area (Å²) >= 11 is 0. The number of hydrogen-bond acceptors (Lipinski definition) is 2. The first-order chi connectivity index (χ1) is 5.08. The summed E-state index contributed by atoms with van der Waals surface area (Å²) in [6.07, 6.45) is -0.615. The van der Waals surface area contributed by atoms with E-state index in [-0.39, 0.29) is 24.9 Å². The Bertz CT molecular complexity index is 214. The fourth-order valence-electron chi connectivity index (χ4n) is 1.72. The Hall–Kier alpha value is -0.670. The highest BCUT2D eigenvalue weighted by Crippen LogP contribution is 2.43. The molecule has 1 aliphatic heterocycles. The van der Waals surface area contributed by atoms with Crippen LogP contribution >= 0.6 is 0 Å². The van der Waals surface area contributed by atoms with E-state index in [0.29, 0.717) is 5.71 Å². The number of halogens is 2. The molecular weight excluding hydrogens is 152 g/mol. The van der Waals surface area contributed by atoms with Crippen LogP contribution in [0.3, 0.4) is 0 Å². The third-order valence-corrected chi connectivity index (χ3v) is 2.34. The number of hydrogen-bond donors (Lipinski definition) is 0. The molecule has 0 radical (unpaired) electrons. The highest BCUT2D eigenvalue weighted by atomic mass is 19.3. The predicted octanol–water partition coefficient (Wildman–Crippen LogP) is 1.81. The van der Waals surface area contributed by atoms with Gasteiger partial charge in [-0.1, -0.05) is 5.16 Å². The molecule has 2 rings (SSSR count). The number of nitrogens with zero attached hydrogens (tertiary/aromatic N) is 1.